The van der Waals surface area contributed by atoms with Gasteiger partial charge in [0.25, 0.3) is 0 Å². The lowest BCUT2D eigenvalue weighted by molar-refractivity contribution is 0.660. The Morgan fingerprint density at radius 3 is 1.79 bits per heavy atom. The minimum absolute atomic E-state index is 0.227. The summed E-state index contributed by atoms with van der Waals surface area (Å²) in [6.07, 6.45) is 0. The molecular formula is C44H31N3. The van der Waals surface area contributed by atoms with Crippen molar-refractivity contribution in [2.45, 2.75) is 19.3 Å². The van der Waals surface area contributed by atoms with Crippen molar-refractivity contribution in [2.75, 3.05) is 0 Å². The summed E-state index contributed by atoms with van der Waals surface area (Å²) in [4.78, 5) is 10.3. The molecule has 3 nitrogen and oxygen atoms in total. The van der Waals surface area contributed by atoms with Crippen LogP contribution in [0.1, 0.15) is 30.5 Å². The lowest BCUT2D eigenvalue weighted by Crippen LogP contribution is -2.15. The molecule has 1 aliphatic rings. The molecule has 0 spiro atoms. The maximum atomic E-state index is 9.58. The van der Waals surface area contributed by atoms with Crippen LogP contribution in [0.5, 0.6) is 0 Å². The highest BCUT2D eigenvalue weighted by Crippen LogP contribution is 2.50. The number of aromatic nitrogens is 2. The van der Waals surface area contributed by atoms with E-state index in [1.54, 1.807) is 0 Å². The van der Waals surface area contributed by atoms with E-state index in [0.29, 0.717) is 11.4 Å². The standard InChI is InChI=1S/C44H31N3/c1-44(2)39-24-29(28-45)20-22-36(39)37-23-21-33(26-40(37)44)35-18-9-10-19-38(35)42-27-41(46-43(47-42)31-14-7-4-8-15-31)34-17-11-16-32(25-34)30-12-5-3-6-13-30/h3-27H,1-2H3. The van der Waals surface area contributed by atoms with E-state index in [0.717, 1.165) is 44.8 Å². The molecule has 0 aliphatic heterocycles. The smallest absolute Gasteiger partial charge is 0.160 e. The summed E-state index contributed by atoms with van der Waals surface area (Å²) in [6.45, 7) is 4.50. The van der Waals surface area contributed by atoms with Crippen molar-refractivity contribution in [3.8, 4) is 73.4 Å². The molecule has 0 saturated carbocycles. The molecule has 0 saturated heterocycles. The molecule has 0 amide bonds. The Balaban J connectivity index is 1.28. The van der Waals surface area contributed by atoms with Gasteiger partial charge in [0, 0.05) is 22.1 Å². The molecule has 0 atom stereocenters. The van der Waals surface area contributed by atoms with Crippen molar-refractivity contribution in [3.05, 3.63) is 168 Å². The number of hydrogen-bond acceptors (Lipinski definition) is 3. The van der Waals surface area contributed by atoms with Gasteiger partial charge in [0.15, 0.2) is 5.82 Å². The number of nitriles is 1. The average Bonchev–Trinajstić information content (AvgIpc) is 3.37. The highest BCUT2D eigenvalue weighted by molar-refractivity contribution is 5.88. The van der Waals surface area contributed by atoms with Crippen molar-refractivity contribution in [3.63, 3.8) is 0 Å². The summed E-state index contributed by atoms with van der Waals surface area (Å²) in [5.41, 5.74) is 14.7. The molecule has 0 unspecified atom stereocenters. The van der Waals surface area contributed by atoms with Gasteiger partial charge in [-0.05, 0) is 74.8 Å². The number of fused-ring (bicyclic) bond motifs is 3. The highest BCUT2D eigenvalue weighted by atomic mass is 14.9. The Labute approximate surface area is 275 Å². The van der Waals surface area contributed by atoms with E-state index in [9.17, 15) is 5.26 Å². The first-order valence-corrected chi connectivity index (χ1v) is 15.9. The van der Waals surface area contributed by atoms with Crippen LogP contribution >= 0.6 is 0 Å². The summed E-state index contributed by atoms with van der Waals surface area (Å²) >= 11 is 0. The molecule has 0 fully saturated rings. The number of hydrogen-bond donors (Lipinski definition) is 0. The van der Waals surface area contributed by atoms with Crippen molar-refractivity contribution < 1.29 is 0 Å². The van der Waals surface area contributed by atoms with Crippen LogP contribution in [0.2, 0.25) is 0 Å². The van der Waals surface area contributed by atoms with Gasteiger partial charge >= 0.3 is 0 Å². The van der Waals surface area contributed by atoms with Crippen LogP contribution in [0.25, 0.3) is 67.3 Å². The Morgan fingerprint density at radius 1 is 0.447 bits per heavy atom. The van der Waals surface area contributed by atoms with Gasteiger partial charge < -0.3 is 0 Å². The molecule has 0 N–H and O–H groups in total. The van der Waals surface area contributed by atoms with Crippen LogP contribution in [0.15, 0.2) is 152 Å². The maximum absolute atomic E-state index is 9.58. The van der Waals surface area contributed by atoms with Crippen molar-refractivity contribution in [1.29, 1.82) is 5.26 Å². The predicted molar refractivity (Wildman–Crippen MR) is 191 cm³/mol. The monoisotopic (exact) mass is 601 g/mol. The second-order valence-electron chi connectivity index (χ2n) is 12.6. The van der Waals surface area contributed by atoms with E-state index in [2.05, 4.69) is 135 Å². The van der Waals surface area contributed by atoms with Crippen LogP contribution in [0.3, 0.4) is 0 Å². The summed E-state index contributed by atoms with van der Waals surface area (Å²) in [7, 11) is 0. The first kappa shape index (κ1) is 28.4. The van der Waals surface area contributed by atoms with E-state index >= 15 is 0 Å². The lowest BCUT2D eigenvalue weighted by atomic mass is 9.81. The van der Waals surface area contributed by atoms with Gasteiger partial charge in [-0.15, -0.1) is 0 Å². The summed E-state index contributed by atoms with van der Waals surface area (Å²) in [5.74, 6) is 0.692. The van der Waals surface area contributed by atoms with Crippen molar-refractivity contribution in [1.82, 2.24) is 9.97 Å². The molecule has 3 heteroatoms. The van der Waals surface area contributed by atoms with Crippen LogP contribution < -0.4 is 0 Å². The third kappa shape index (κ3) is 5.01. The molecular weight excluding hydrogens is 571 g/mol. The fourth-order valence-corrected chi connectivity index (χ4v) is 6.87. The summed E-state index contributed by atoms with van der Waals surface area (Å²) in [6, 6.07) is 55.0. The van der Waals surface area contributed by atoms with E-state index in [1.165, 1.54) is 27.8 Å². The largest absolute Gasteiger partial charge is 0.228 e. The predicted octanol–water partition coefficient (Wildman–Crippen LogP) is 11.0. The normalized spacial score (nSPS) is 12.6. The van der Waals surface area contributed by atoms with Crippen molar-refractivity contribution >= 4 is 0 Å². The molecule has 1 aromatic heterocycles. The van der Waals surface area contributed by atoms with Gasteiger partial charge in [0.2, 0.25) is 0 Å². The van der Waals surface area contributed by atoms with Crippen LogP contribution in [-0.4, -0.2) is 9.97 Å². The molecule has 0 radical (unpaired) electrons. The van der Waals surface area contributed by atoms with Crippen LogP contribution in [-0.2, 0) is 5.41 Å². The average molecular weight is 602 g/mol. The molecule has 222 valence electrons. The van der Waals surface area contributed by atoms with Gasteiger partial charge in [0.05, 0.1) is 23.0 Å². The molecule has 6 aromatic carbocycles. The Morgan fingerprint density at radius 2 is 1.04 bits per heavy atom. The Bertz CT molecular complexity index is 2330. The molecule has 7 aromatic rings. The first-order valence-electron chi connectivity index (χ1n) is 15.9. The van der Waals surface area contributed by atoms with E-state index in [4.69, 9.17) is 9.97 Å². The number of benzene rings is 6. The Hall–Kier alpha value is -6.11. The number of rotatable bonds is 5. The van der Waals surface area contributed by atoms with E-state index < -0.39 is 0 Å². The first-order chi connectivity index (χ1) is 23.0. The van der Waals surface area contributed by atoms with Crippen LogP contribution in [0, 0.1) is 11.3 Å². The molecule has 0 bridgehead atoms. The van der Waals surface area contributed by atoms with E-state index in [-0.39, 0.29) is 5.41 Å². The zero-order valence-corrected chi connectivity index (χ0v) is 26.3. The van der Waals surface area contributed by atoms with Gasteiger partial charge in [-0.1, -0.05) is 135 Å². The molecule has 1 aliphatic carbocycles. The SMILES string of the molecule is CC1(C)c2cc(C#N)ccc2-c2ccc(-c3ccccc3-c3cc(-c4cccc(-c5ccccc5)c4)nc(-c4ccccc4)n3)cc21. The fourth-order valence-electron chi connectivity index (χ4n) is 6.87. The lowest BCUT2D eigenvalue weighted by Gasteiger charge is -2.22. The zero-order chi connectivity index (χ0) is 32.0. The van der Waals surface area contributed by atoms with Gasteiger partial charge in [-0.2, -0.15) is 5.26 Å². The van der Waals surface area contributed by atoms with Crippen molar-refractivity contribution in [2.24, 2.45) is 0 Å². The fraction of sp³-hybridized carbons (Fsp3) is 0.0682. The summed E-state index contributed by atoms with van der Waals surface area (Å²) < 4.78 is 0. The second-order valence-corrected chi connectivity index (χ2v) is 12.6. The molecule has 8 rings (SSSR count). The number of nitrogens with zero attached hydrogens (tertiary/aromatic N) is 3. The minimum atomic E-state index is -0.227. The summed E-state index contributed by atoms with van der Waals surface area (Å²) in [5, 5.41) is 9.58. The van der Waals surface area contributed by atoms with Gasteiger partial charge in [-0.25, -0.2) is 9.97 Å². The van der Waals surface area contributed by atoms with Gasteiger partial charge in [-0.3, -0.25) is 0 Å². The molecule has 1 heterocycles. The third-order valence-electron chi connectivity index (χ3n) is 9.34. The minimum Gasteiger partial charge on any atom is -0.228 e. The Kier molecular flexibility index (Phi) is 6.85. The zero-order valence-electron chi connectivity index (χ0n) is 26.3. The maximum Gasteiger partial charge on any atom is 0.160 e. The highest BCUT2D eigenvalue weighted by Gasteiger charge is 2.36. The van der Waals surface area contributed by atoms with Crippen LogP contribution in [0.4, 0.5) is 0 Å². The van der Waals surface area contributed by atoms with E-state index in [1.807, 2.05) is 36.4 Å². The quantitative estimate of drug-likeness (QED) is 0.197. The second kappa shape index (κ2) is 11.4. The topological polar surface area (TPSA) is 49.6 Å². The van der Waals surface area contributed by atoms with Gasteiger partial charge in [0.1, 0.15) is 0 Å². The molecule has 47 heavy (non-hydrogen) atoms. The third-order valence-corrected chi connectivity index (χ3v) is 9.34.